The molecule has 3 heterocycles. The van der Waals surface area contributed by atoms with E-state index >= 15 is 0 Å². The van der Waals surface area contributed by atoms with E-state index < -0.39 is 0 Å². The molecule has 138 valence electrons. The smallest absolute Gasteiger partial charge is 0.293 e. The van der Waals surface area contributed by atoms with Crippen LogP contribution < -0.4 is 0 Å². The van der Waals surface area contributed by atoms with Gasteiger partial charge in [0, 0.05) is 13.1 Å². The molecule has 1 saturated carbocycles. The van der Waals surface area contributed by atoms with Crippen LogP contribution in [0.5, 0.6) is 0 Å². The Kier molecular flexibility index (Phi) is 3.86. The van der Waals surface area contributed by atoms with Gasteiger partial charge in [-0.15, -0.1) is 16.4 Å². The predicted octanol–water partition coefficient (Wildman–Crippen LogP) is 4.15. The largest absolute Gasteiger partial charge is 0.336 e. The molecule has 1 saturated heterocycles. The van der Waals surface area contributed by atoms with E-state index in [1.807, 2.05) is 22.4 Å². The first kappa shape index (κ1) is 16.6. The third-order valence-electron chi connectivity index (χ3n) is 5.68. The van der Waals surface area contributed by atoms with E-state index in [9.17, 15) is 9.18 Å². The van der Waals surface area contributed by atoms with Crippen LogP contribution in [0.1, 0.15) is 36.3 Å². The van der Waals surface area contributed by atoms with Gasteiger partial charge in [-0.05, 0) is 66.8 Å². The molecule has 1 spiro atoms. The molecule has 2 aromatic heterocycles. The van der Waals surface area contributed by atoms with Gasteiger partial charge < -0.3 is 4.90 Å². The topological polar surface area (TPSA) is 51.0 Å². The Hall–Kier alpha value is -2.54. The summed E-state index contributed by atoms with van der Waals surface area (Å²) in [6.45, 7) is 1.55. The molecule has 1 amide bonds. The fourth-order valence-electron chi connectivity index (χ4n) is 3.73. The van der Waals surface area contributed by atoms with Crippen LogP contribution in [-0.2, 0) is 0 Å². The molecule has 5 nitrogen and oxygen atoms in total. The number of carbonyl (C=O) groups is 1. The molecule has 3 aromatic rings. The van der Waals surface area contributed by atoms with E-state index in [4.69, 9.17) is 0 Å². The Balaban J connectivity index is 1.49. The molecule has 0 bridgehead atoms. The molecule has 27 heavy (non-hydrogen) atoms. The van der Waals surface area contributed by atoms with Crippen molar-refractivity contribution in [1.29, 1.82) is 0 Å². The van der Waals surface area contributed by atoms with E-state index in [1.165, 1.54) is 36.3 Å². The highest BCUT2D eigenvalue weighted by Crippen LogP contribution is 2.53. The van der Waals surface area contributed by atoms with Gasteiger partial charge >= 0.3 is 0 Å². The Morgan fingerprint density at radius 1 is 1.07 bits per heavy atom. The minimum Gasteiger partial charge on any atom is -0.336 e. The summed E-state index contributed by atoms with van der Waals surface area (Å²) in [5, 5.41) is 6.45. The van der Waals surface area contributed by atoms with Crippen molar-refractivity contribution < 1.29 is 9.18 Å². The van der Waals surface area contributed by atoms with Gasteiger partial charge in [0.2, 0.25) is 5.82 Å². The molecular weight excluding hydrogens is 363 g/mol. The van der Waals surface area contributed by atoms with Crippen molar-refractivity contribution in [2.75, 3.05) is 13.1 Å². The van der Waals surface area contributed by atoms with Crippen molar-refractivity contribution in [3.63, 3.8) is 0 Å². The first-order valence-corrected chi connectivity index (χ1v) is 10.1. The predicted molar refractivity (Wildman–Crippen MR) is 101 cm³/mol. The van der Waals surface area contributed by atoms with Gasteiger partial charge in [0.25, 0.3) is 5.91 Å². The zero-order valence-corrected chi connectivity index (χ0v) is 15.6. The average Bonchev–Trinajstić information content (AvgIpc) is 3.11. The normalized spacial score (nSPS) is 18.0. The van der Waals surface area contributed by atoms with Gasteiger partial charge in [-0.1, -0.05) is 6.07 Å². The summed E-state index contributed by atoms with van der Waals surface area (Å²) in [6.07, 6.45) is 4.76. The Bertz CT molecular complexity index is 966. The standard InChI is InChI=1S/C20H19FN4OS/c21-14-3-5-15(6-4-14)25-18(16-2-1-13-27-16)22-17(23-25)19(26)24-11-9-20(7-8-20)10-12-24/h1-6,13H,7-12H2. The van der Waals surface area contributed by atoms with Crippen molar-refractivity contribution >= 4 is 17.2 Å². The second kappa shape index (κ2) is 6.27. The average molecular weight is 382 g/mol. The minimum atomic E-state index is -0.310. The Morgan fingerprint density at radius 2 is 1.81 bits per heavy atom. The lowest BCUT2D eigenvalue weighted by molar-refractivity contribution is 0.0666. The maximum absolute atomic E-state index is 13.3. The van der Waals surface area contributed by atoms with Crippen molar-refractivity contribution in [3.05, 3.63) is 53.4 Å². The number of hydrogen-bond donors (Lipinski definition) is 0. The zero-order chi connectivity index (χ0) is 18.4. The molecule has 0 N–H and O–H groups in total. The second-order valence-electron chi connectivity index (χ2n) is 7.42. The number of amides is 1. The minimum absolute atomic E-state index is 0.121. The van der Waals surface area contributed by atoms with Crippen LogP contribution in [0.25, 0.3) is 16.4 Å². The number of benzene rings is 1. The van der Waals surface area contributed by atoms with E-state index in [-0.39, 0.29) is 17.5 Å². The van der Waals surface area contributed by atoms with E-state index in [0.29, 0.717) is 16.9 Å². The van der Waals surface area contributed by atoms with E-state index in [1.54, 1.807) is 16.8 Å². The van der Waals surface area contributed by atoms with Crippen molar-refractivity contribution in [2.24, 2.45) is 5.41 Å². The SMILES string of the molecule is O=C(c1nc(-c2cccs2)n(-c2ccc(F)cc2)n1)N1CCC2(CC1)CC2. The van der Waals surface area contributed by atoms with Crippen molar-refractivity contribution in [2.45, 2.75) is 25.7 Å². The van der Waals surface area contributed by atoms with Gasteiger partial charge in [-0.2, -0.15) is 0 Å². The van der Waals surface area contributed by atoms with Crippen LogP contribution in [0, 0.1) is 11.2 Å². The zero-order valence-electron chi connectivity index (χ0n) is 14.8. The molecule has 5 rings (SSSR count). The summed E-state index contributed by atoms with van der Waals surface area (Å²) in [7, 11) is 0. The maximum Gasteiger partial charge on any atom is 0.293 e. The second-order valence-corrected chi connectivity index (χ2v) is 8.36. The summed E-state index contributed by atoms with van der Waals surface area (Å²) in [5.41, 5.74) is 1.20. The molecule has 2 aliphatic rings. The van der Waals surface area contributed by atoms with Gasteiger partial charge in [-0.3, -0.25) is 4.79 Å². The lowest BCUT2D eigenvalue weighted by atomic mass is 9.94. The molecule has 1 aromatic carbocycles. The van der Waals surface area contributed by atoms with Crippen molar-refractivity contribution in [3.8, 4) is 16.4 Å². The Labute approximate surface area is 160 Å². The highest BCUT2D eigenvalue weighted by Gasteiger charge is 2.45. The van der Waals surface area contributed by atoms with Gasteiger partial charge in [0.15, 0.2) is 5.82 Å². The van der Waals surface area contributed by atoms with Gasteiger partial charge in [-0.25, -0.2) is 14.1 Å². The molecular formula is C20H19FN4OS. The van der Waals surface area contributed by atoms with Crippen LogP contribution in [0.4, 0.5) is 4.39 Å². The summed E-state index contributed by atoms with van der Waals surface area (Å²) >= 11 is 1.53. The summed E-state index contributed by atoms with van der Waals surface area (Å²) in [6, 6.07) is 9.94. The third-order valence-corrected chi connectivity index (χ3v) is 6.55. The first-order chi connectivity index (χ1) is 13.1. The number of halogens is 1. The van der Waals surface area contributed by atoms with Crippen LogP contribution >= 0.6 is 11.3 Å². The van der Waals surface area contributed by atoms with Gasteiger partial charge in [0.05, 0.1) is 10.6 Å². The number of thiophene rings is 1. The fraction of sp³-hybridized carbons (Fsp3) is 0.350. The number of aromatic nitrogens is 3. The lowest BCUT2D eigenvalue weighted by Gasteiger charge is -2.31. The highest BCUT2D eigenvalue weighted by molar-refractivity contribution is 7.13. The number of carbonyl (C=O) groups excluding carboxylic acids is 1. The number of piperidine rings is 1. The molecule has 2 fully saturated rings. The third kappa shape index (κ3) is 3.06. The summed E-state index contributed by atoms with van der Waals surface area (Å²) in [5.74, 6) is 0.379. The molecule has 0 atom stereocenters. The molecule has 1 aliphatic heterocycles. The maximum atomic E-state index is 13.3. The van der Waals surface area contributed by atoms with Crippen LogP contribution in [0.2, 0.25) is 0 Å². The van der Waals surface area contributed by atoms with Crippen LogP contribution in [0.3, 0.4) is 0 Å². The number of hydrogen-bond acceptors (Lipinski definition) is 4. The summed E-state index contributed by atoms with van der Waals surface area (Å²) < 4.78 is 14.9. The van der Waals surface area contributed by atoms with Crippen LogP contribution in [-0.4, -0.2) is 38.7 Å². The fourth-order valence-corrected chi connectivity index (χ4v) is 4.43. The van der Waals surface area contributed by atoms with Gasteiger partial charge in [0.1, 0.15) is 5.82 Å². The molecule has 7 heteroatoms. The van der Waals surface area contributed by atoms with E-state index in [2.05, 4.69) is 10.1 Å². The van der Waals surface area contributed by atoms with Crippen LogP contribution in [0.15, 0.2) is 41.8 Å². The highest BCUT2D eigenvalue weighted by atomic mass is 32.1. The number of likely N-dealkylation sites (tertiary alicyclic amines) is 1. The monoisotopic (exact) mass is 382 g/mol. The Morgan fingerprint density at radius 3 is 2.44 bits per heavy atom. The first-order valence-electron chi connectivity index (χ1n) is 9.20. The lowest BCUT2D eigenvalue weighted by Crippen LogP contribution is -2.39. The molecule has 0 radical (unpaired) electrons. The number of nitrogens with zero attached hydrogens (tertiary/aromatic N) is 4. The number of rotatable bonds is 3. The quantitative estimate of drug-likeness (QED) is 0.684. The summed E-state index contributed by atoms with van der Waals surface area (Å²) in [4.78, 5) is 20.3. The van der Waals surface area contributed by atoms with E-state index in [0.717, 1.165) is 30.8 Å². The molecule has 1 aliphatic carbocycles. The van der Waals surface area contributed by atoms with Crippen molar-refractivity contribution in [1.82, 2.24) is 19.7 Å². The molecule has 0 unspecified atom stereocenters.